The predicted octanol–water partition coefficient (Wildman–Crippen LogP) is 2.59. The Morgan fingerprint density at radius 1 is 1.21 bits per heavy atom. The highest BCUT2D eigenvalue weighted by Crippen LogP contribution is 2.32. The van der Waals surface area contributed by atoms with Crippen LogP contribution in [0.15, 0.2) is 42.9 Å². The highest BCUT2D eigenvalue weighted by atomic mass is 32.1. The number of nitrogens with two attached hydrogens (primary N) is 1. The molecule has 0 aliphatic heterocycles. The number of fused-ring (bicyclic) bond motifs is 2. The number of hydrogen-bond donors (Lipinski definition) is 1. The van der Waals surface area contributed by atoms with Crippen LogP contribution in [0.2, 0.25) is 0 Å². The molecule has 2 N–H and O–H groups in total. The maximum Gasteiger partial charge on any atom is 0.181 e. The molecule has 6 heteroatoms. The summed E-state index contributed by atoms with van der Waals surface area (Å²) in [7, 11) is 0. The van der Waals surface area contributed by atoms with Crippen molar-refractivity contribution in [2.75, 3.05) is 5.73 Å². The average Bonchev–Trinajstić information content (AvgIpc) is 3.01. The summed E-state index contributed by atoms with van der Waals surface area (Å²) in [5.41, 5.74) is 9.53. The van der Waals surface area contributed by atoms with Crippen LogP contribution in [0, 0.1) is 0 Å². The zero-order valence-electron chi connectivity index (χ0n) is 9.82. The number of rotatable bonds is 1. The number of nitrogens with zero attached hydrogens (tertiary/aromatic N) is 4. The third-order valence-electron chi connectivity index (χ3n) is 2.99. The van der Waals surface area contributed by atoms with Gasteiger partial charge >= 0.3 is 0 Å². The molecule has 5 nitrogen and oxygen atoms in total. The molecular formula is C13H9N5S. The van der Waals surface area contributed by atoms with E-state index in [0.717, 1.165) is 27.0 Å². The monoisotopic (exact) mass is 267 g/mol. The molecule has 0 spiro atoms. The summed E-state index contributed by atoms with van der Waals surface area (Å²) >= 11 is 1.49. The van der Waals surface area contributed by atoms with Gasteiger partial charge < -0.3 is 5.73 Å². The van der Waals surface area contributed by atoms with Gasteiger partial charge in [0.1, 0.15) is 0 Å². The van der Waals surface area contributed by atoms with Crippen LogP contribution in [0.1, 0.15) is 0 Å². The predicted molar refractivity (Wildman–Crippen MR) is 76.0 cm³/mol. The minimum atomic E-state index is 0.579. The van der Waals surface area contributed by atoms with Crippen molar-refractivity contribution in [1.82, 2.24) is 19.6 Å². The molecule has 0 aliphatic carbocycles. The molecule has 0 saturated carbocycles. The molecule has 0 atom stereocenters. The Kier molecular flexibility index (Phi) is 2.07. The van der Waals surface area contributed by atoms with Crippen molar-refractivity contribution in [2.45, 2.75) is 0 Å². The minimum Gasteiger partial charge on any atom is -0.375 e. The maximum atomic E-state index is 5.79. The number of anilines is 1. The summed E-state index contributed by atoms with van der Waals surface area (Å²) < 4.78 is 2.83. The largest absolute Gasteiger partial charge is 0.375 e. The summed E-state index contributed by atoms with van der Waals surface area (Å²) in [6.07, 6.45) is 5.52. The maximum absolute atomic E-state index is 5.79. The molecule has 0 radical (unpaired) electrons. The van der Waals surface area contributed by atoms with Crippen LogP contribution in [-0.4, -0.2) is 19.6 Å². The van der Waals surface area contributed by atoms with E-state index in [2.05, 4.69) is 15.1 Å². The first-order valence-electron chi connectivity index (χ1n) is 5.76. The fourth-order valence-corrected chi connectivity index (χ4v) is 2.91. The van der Waals surface area contributed by atoms with Crippen molar-refractivity contribution in [3.05, 3.63) is 42.9 Å². The van der Waals surface area contributed by atoms with E-state index in [4.69, 9.17) is 5.73 Å². The van der Waals surface area contributed by atoms with Gasteiger partial charge in [0.15, 0.2) is 10.8 Å². The van der Waals surface area contributed by atoms with Crippen molar-refractivity contribution in [3.8, 4) is 11.1 Å². The van der Waals surface area contributed by atoms with E-state index in [1.54, 1.807) is 10.7 Å². The van der Waals surface area contributed by atoms with Gasteiger partial charge in [-0.1, -0.05) is 23.5 Å². The molecule has 0 aliphatic rings. The average molecular weight is 267 g/mol. The Bertz CT molecular complexity index is 892. The molecule has 19 heavy (non-hydrogen) atoms. The quantitative estimate of drug-likeness (QED) is 0.575. The molecule has 0 saturated heterocycles. The zero-order valence-corrected chi connectivity index (χ0v) is 10.6. The highest BCUT2D eigenvalue weighted by molar-refractivity contribution is 7.22. The van der Waals surface area contributed by atoms with Crippen LogP contribution in [0.5, 0.6) is 0 Å². The number of aromatic nitrogens is 4. The first-order valence-corrected chi connectivity index (χ1v) is 6.58. The van der Waals surface area contributed by atoms with Crippen molar-refractivity contribution in [1.29, 1.82) is 0 Å². The van der Waals surface area contributed by atoms with Crippen LogP contribution in [0.3, 0.4) is 0 Å². The number of thiazole rings is 1. The van der Waals surface area contributed by atoms with Crippen LogP contribution in [-0.2, 0) is 0 Å². The molecule has 4 rings (SSSR count). The normalized spacial score (nSPS) is 11.4. The molecule has 0 unspecified atom stereocenters. The number of hydrogen-bond acceptors (Lipinski definition) is 5. The van der Waals surface area contributed by atoms with E-state index < -0.39 is 0 Å². The Morgan fingerprint density at radius 3 is 3.11 bits per heavy atom. The standard InChI is InChI=1S/C13H9N5S/c14-13-17-12-9(2-1-3-10(12)19-13)8-6-15-11-4-5-16-18(11)7-8/h1-7H,(H2,14,17). The Balaban J connectivity index is 2.02. The molecule has 4 aromatic rings. The summed E-state index contributed by atoms with van der Waals surface area (Å²) in [5.74, 6) is 0. The number of nitrogen functional groups attached to an aromatic ring is 1. The lowest BCUT2D eigenvalue weighted by Gasteiger charge is -2.02. The second-order valence-corrected chi connectivity index (χ2v) is 5.24. The van der Waals surface area contributed by atoms with Gasteiger partial charge in [0.25, 0.3) is 0 Å². The van der Waals surface area contributed by atoms with Gasteiger partial charge in [-0.15, -0.1) is 0 Å². The summed E-state index contributed by atoms with van der Waals surface area (Å²) in [5, 5.41) is 4.78. The summed E-state index contributed by atoms with van der Waals surface area (Å²) in [6, 6.07) is 7.91. The van der Waals surface area contributed by atoms with Crippen molar-refractivity contribution in [3.63, 3.8) is 0 Å². The van der Waals surface area contributed by atoms with Gasteiger partial charge in [0.05, 0.1) is 16.4 Å². The van der Waals surface area contributed by atoms with Crippen molar-refractivity contribution >= 4 is 32.3 Å². The van der Waals surface area contributed by atoms with Gasteiger partial charge in [0, 0.05) is 29.6 Å². The van der Waals surface area contributed by atoms with Gasteiger partial charge in [-0.2, -0.15) is 5.10 Å². The van der Waals surface area contributed by atoms with Gasteiger partial charge in [-0.05, 0) is 6.07 Å². The van der Waals surface area contributed by atoms with Crippen LogP contribution in [0.25, 0.3) is 27.0 Å². The third-order valence-corrected chi connectivity index (χ3v) is 3.84. The van der Waals surface area contributed by atoms with Crippen LogP contribution >= 0.6 is 11.3 Å². The lowest BCUT2D eigenvalue weighted by atomic mass is 10.1. The second-order valence-electron chi connectivity index (χ2n) is 4.18. The van der Waals surface area contributed by atoms with E-state index in [1.165, 1.54) is 11.3 Å². The molecule has 3 aromatic heterocycles. The molecule has 0 amide bonds. The number of benzene rings is 1. The van der Waals surface area contributed by atoms with E-state index in [1.807, 2.05) is 36.7 Å². The first kappa shape index (κ1) is 10.5. The molecular weight excluding hydrogens is 258 g/mol. The van der Waals surface area contributed by atoms with Crippen LogP contribution < -0.4 is 5.73 Å². The lowest BCUT2D eigenvalue weighted by Crippen LogP contribution is -1.91. The second kappa shape index (κ2) is 3.76. The molecule has 3 heterocycles. The van der Waals surface area contributed by atoms with E-state index >= 15 is 0 Å². The summed E-state index contributed by atoms with van der Waals surface area (Å²) in [4.78, 5) is 8.77. The van der Waals surface area contributed by atoms with E-state index in [0.29, 0.717) is 5.13 Å². The fourth-order valence-electron chi connectivity index (χ4n) is 2.15. The Labute approximate surface area is 112 Å². The van der Waals surface area contributed by atoms with Crippen LogP contribution in [0.4, 0.5) is 5.13 Å². The third kappa shape index (κ3) is 1.57. The smallest absolute Gasteiger partial charge is 0.181 e. The van der Waals surface area contributed by atoms with Gasteiger partial charge in [0.2, 0.25) is 0 Å². The van der Waals surface area contributed by atoms with Gasteiger partial charge in [-0.25, -0.2) is 14.5 Å². The van der Waals surface area contributed by atoms with E-state index in [9.17, 15) is 0 Å². The SMILES string of the molecule is Nc1nc2c(-c3cnc4ccnn4c3)cccc2s1. The number of para-hydroxylation sites is 1. The van der Waals surface area contributed by atoms with Crippen molar-refractivity contribution in [2.24, 2.45) is 0 Å². The molecule has 92 valence electrons. The first-order chi connectivity index (χ1) is 9.31. The zero-order chi connectivity index (χ0) is 12.8. The Hall–Kier alpha value is -2.47. The Morgan fingerprint density at radius 2 is 2.16 bits per heavy atom. The summed E-state index contributed by atoms with van der Waals surface area (Å²) in [6.45, 7) is 0. The molecule has 0 bridgehead atoms. The van der Waals surface area contributed by atoms with E-state index in [-0.39, 0.29) is 0 Å². The molecule has 0 fully saturated rings. The topological polar surface area (TPSA) is 69.1 Å². The van der Waals surface area contributed by atoms with Gasteiger partial charge in [-0.3, -0.25) is 0 Å². The highest BCUT2D eigenvalue weighted by Gasteiger charge is 2.09. The minimum absolute atomic E-state index is 0.579. The van der Waals surface area contributed by atoms with Crippen molar-refractivity contribution < 1.29 is 0 Å². The lowest BCUT2D eigenvalue weighted by molar-refractivity contribution is 0.941. The fraction of sp³-hybridized carbons (Fsp3) is 0. The molecule has 1 aromatic carbocycles.